The van der Waals surface area contributed by atoms with Crippen molar-refractivity contribution in [2.75, 3.05) is 6.61 Å². The highest BCUT2D eigenvalue weighted by atomic mass is 16.3. The van der Waals surface area contributed by atoms with E-state index in [1.807, 2.05) is 0 Å². The first kappa shape index (κ1) is 49.4. The predicted molar refractivity (Wildman–Crippen MR) is 218 cm³/mol. The van der Waals surface area contributed by atoms with Gasteiger partial charge in [0.15, 0.2) is 0 Å². The van der Waals surface area contributed by atoms with Crippen LogP contribution in [0.2, 0.25) is 0 Å². The Balaban J connectivity index is 3.52. The van der Waals surface area contributed by atoms with Gasteiger partial charge in [0.1, 0.15) is 0 Å². The van der Waals surface area contributed by atoms with E-state index in [0.29, 0.717) is 12.8 Å². The molecule has 0 aromatic heterocycles. The highest BCUT2D eigenvalue weighted by Crippen LogP contribution is 2.17. The van der Waals surface area contributed by atoms with Crippen LogP contribution in [-0.4, -0.2) is 46.1 Å². The molecule has 0 radical (unpaired) electrons. The van der Waals surface area contributed by atoms with Gasteiger partial charge in [0.05, 0.1) is 31.3 Å². The molecule has 4 N–H and O–H groups in total. The Hall–Kier alpha value is -0.650. The Morgan fingerprint density at radius 3 is 0.960 bits per heavy atom. The number of nitrogens with one attached hydrogen (secondary N) is 1. The molecular formula is C45H91NO4. The van der Waals surface area contributed by atoms with Crippen molar-refractivity contribution in [2.45, 2.75) is 276 Å². The lowest BCUT2D eigenvalue weighted by Crippen LogP contribution is -2.46. The molecule has 50 heavy (non-hydrogen) atoms. The van der Waals surface area contributed by atoms with Crippen LogP contribution >= 0.6 is 0 Å². The average molecular weight is 710 g/mol. The maximum absolute atomic E-state index is 12.4. The molecule has 0 bridgehead atoms. The second-order valence-corrected chi connectivity index (χ2v) is 16.0. The highest BCUT2D eigenvalue weighted by Gasteiger charge is 2.21. The van der Waals surface area contributed by atoms with Crippen molar-refractivity contribution in [3.63, 3.8) is 0 Å². The van der Waals surface area contributed by atoms with Gasteiger partial charge in [0, 0.05) is 0 Å². The first-order valence-electron chi connectivity index (χ1n) is 22.8. The summed E-state index contributed by atoms with van der Waals surface area (Å²) in [5, 5.41) is 33.4. The molecule has 5 heteroatoms. The number of carbonyl (C=O) groups is 1. The number of unbranched alkanes of at least 4 members (excludes halogenated alkanes) is 33. The molecule has 0 aliphatic heterocycles. The maximum Gasteiger partial charge on any atom is 0.222 e. The van der Waals surface area contributed by atoms with Crippen molar-refractivity contribution in [3.05, 3.63) is 0 Å². The minimum atomic E-state index is -0.742. The molecule has 0 rings (SSSR count). The van der Waals surface area contributed by atoms with E-state index >= 15 is 0 Å². The zero-order chi connectivity index (χ0) is 36.6. The highest BCUT2D eigenvalue weighted by molar-refractivity contribution is 5.76. The summed E-state index contributed by atoms with van der Waals surface area (Å²) in [6.45, 7) is 4.27. The third-order valence-corrected chi connectivity index (χ3v) is 10.9. The molecule has 3 atom stereocenters. The Morgan fingerprint density at radius 1 is 0.420 bits per heavy atom. The summed E-state index contributed by atoms with van der Waals surface area (Å²) in [6, 6.07) is -0.651. The predicted octanol–water partition coefficient (Wildman–Crippen LogP) is 13.0. The van der Waals surface area contributed by atoms with Gasteiger partial charge in [-0.25, -0.2) is 0 Å². The number of amides is 1. The van der Waals surface area contributed by atoms with Crippen molar-refractivity contribution < 1.29 is 20.1 Å². The average Bonchev–Trinajstić information content (AvgIpc) is 3.11. The largest absolute Gasteiger partial charge is 0.394 e. The van der Waals surface area contributed by atoms with Crippen LogP contribution in [0.15, 0.2) is 0 Å². The van der Waals surface area contributed by atoms with E-state index in [-0.39, 0.29) is 18.9 Å². The zero-order valence-electron chi connectivity index (χ0n) is 34.1. The fourth-order valence-electron chi connectivity index (χ4n) is 7.41. The van der Waals surface area contributed by atoms with E-state index in [2.05, 4.69) is 19.2 Å². The summed E-state index contributed by atoms with van der Waals surface area (Å²) in [5.41, 5.74) is 0. The molecule has 0 heterocycles. The molecule has 0 saturated heterocycles. The summed E-state index contributed by atoms with van der Waals surface area (Å²) in [4.78, 5) is 12.4. The second kappa shape index (κ2) is 41.1. The second-order valence-electron chi connectivity index (χ2n) is 16.0. The Bertz CT molecular complexity index is 659. The molecule has 0 fully saturated rings. The SMILES string of the molecule is CCCCCCCCCCCCCCCCCCCCCCCCCC(O)CC(=O)NC(CO)C(O)CCCCCCCCCCCCCC. The monoisotopic (exact) mass is 710 g/mol. The van der Waals surface area contributed by atoms with Gasteiger partial charge < -0.3 is 20.6 Å². The van der Waals surface area contributed by atoms with Crippen molar-refractivity contribution in [2.24, 2.45) is 0 Å². The molecule has 0 aromatic rings. The van der Waals surface area contributed by atoms with E-state index in [1.54, 1.807) is 0 Å². The maximum atomic E-state index is 12.4. The lowest BCUT2D eigenvalue weighted by atomic mass is 10.0. The minimum Gasteiger partial charge on any atom is -0.394 e. The van der Waals surface area contributed by atoms with Gasteiger partial charge in [-0.3, -0.25) is 4.79 Å². The van der Waals surface area contributed by atoms with E-state index in [0.717, 1.165) is 25.7 Å². The van der Waals surface area contributed by atoms with Gasteiger partial charge in [-0.15, -0.1) is 0 Å². The topological polar surface area (TPSA) is 89.8 Å². The van der Waals surface area contributed by atoms with Gasteiger partial charge in [-0.05, 0) is 12.8 Å². The van der Waals surface area contributed by atoms with Gasteiger partial charge in [0.2, 0.25) is 5.91 Å². The first-order chi connectivity index (χ1) is 24.5. The van der Waals surface area contributed by atoms with Crippen molar-refractivity contribution in [1.82, 2.24) is 5.32 Å². The Morgan fingerprint density at radius 2 is 0.680 bits per heavy atom. The molecule has 0 aliphatic carbocycles. The van der Waals surface area contributed by atoms with E-state index < -0.39 is 18.2 Å². The summed E-state index contributed by atoms with van der Waals surface area (Å²) >= 11 is 0. The number of rotatable bonds is 42. The lowest BCUT2D eigenvalue weighted by molar-refractivity contribution is -0.125. The number of hydrogen-bond donors (Lipinski definition) is 4. The summed E-state index contributed by atoms with van der Waals surface area (Å²) in [6.07, 6.45) is 46.5. The molecule has 1 amide bonds. The van der Waals surface area contributed by atoms with Crippen molar-refractivity contribution >= 4 is 5.91 Å². The van der Waals surface area contributed by atoms with Crippen LogP contribution in [0.25, 0.3) is 0 Å². The molecule has 300 valence electrons. The molecule has 0 aliphatic rings. The zero-order valence-corrected chi connectivity index (χ0v) is 34.1. The molecular weight excluding hydrogens is 618 g/mol. The van der Waals surface area contributed by atoms with Crippen LogP contribution in [0.3, 0.4) is 0 Å². The third kappa shape index (κ3) is 37.1. The Labute approximate surface area is 313 Å². The smallest absolute Gasteiger partial charge is 0.222 e. The summed E-state index contributed by atoms with van der Waals surface area (Å²) in [5.74, 6) is -0.278. The third-order valence-electron chi connectivity index (χ3n) is 10.9. The molecule has 0 spiro atoms. The van der Waals surface area contributed by atoms with Crippen LogP contribution < -0.4 is 5.32 Å². The summed E-state index contributed by atoms with van der Waals surface area (Å²) in [7, 11) is 0. The van der Waals surface area contributed by atoms with Crippen molar-refractivity contribution in [3.8, 4) is 0 Å². The number of carbonyl (C=O) groups excluding carboxylic acids is 1. The van der Waals surface area contributed by atoms with E-state index in [1.165, 1.54) is 199 Å². The van der Waals surface area contributed by atoms with Crippen LogP contribution in [-0.2, 0) is 4.79 Å². The number of aliphatic hydroxyl groups excluding tert-OH is 3. The normalized spacial score (nSPS) is 13.5. The van der Waals surface area contributed by atoms with Crippen LogP contribution in [0.4, 0.5) is 0 Å². The van der Waals surface area contributed by atoms with Gasteiger partial charge >= 0.3 is 0 Å². The summed E-state index contributed by atoms with van der Waals surface area (Å²) < 4.78 is 0. The Kier molecular flexibility index (Phi) is 40.6. The molecule has 5 nitrogen and oxygen atoms in total. The van der Waals surface area contributed by atoms with Gasteiger partial charge in [-0.1, -0.05) is 239 Å². The van der Waals surface area contributed by atoms with Gasteiger partial charge in [-0.2, -0.15) is 0 Å². The quantitative estimate of drug-likeness (QED) is 0.0475. The standard InChI is InChI=1S/C45H91NO4/c1-3-5-7-9-11-13-15-17-18-19-20-21-22-23-24-25-26-27-28-30-32-34-36-38-42(48)40-45(50)46-43(41-47)44(49)39-37-35-33-31-29-16-14-12-10-8-6-4-2/h42-44,47-49H,3-41H2,1-2H3,(H,46,50). The van der Waals surface area contributed by atoms with E-state index in [9.17, 15) is 20.1 Å². The fraction of sp³-hybridized carbons (Fsp3) is 0.978. The number of hydrogen-bond acceptors (Lipinski definition) is 4. The van der Waals surface area contributed by atoms with Crippen LogP contribution in [0, 0.1) is 0 Å². The van der Waals surface area contributed by atoms with Crippen LogP contribution in [0.1, 0.15) is 258 Å². The van der Waals surface area contributed by atoms with Crippen LogP contribution in [0.5, 0.6) is 0 Å². The molecule has 0 saturated carbocycles. The number of aliphatic hydroxyl groups is 3. The first-order valence-corrected chi connectivity index (χ1v) is 22.8. The van der Waals surface area contributed by atoms with E-state index in [4.69, 9.17) is 0 Å². The van der Waals surface area contributed by atoms with Crippen molar-refractivity contribution in [1.29, 1.82) is 0 Å². The molecule has 3 unspecified atom stereocenters. The lowest BCUT2D eigenvalue weighted by Gasteiger charge is -2.23. The molecule has 0 aromatic carbocycles. The van der Waals surface area contributed by atoms with Gasteiger partial charge in [0.25, 0.3) is 0 Å². The fourth-order valence-corrected chi connectivity index (χ4v) is 7.41. The minimum absolute atomic E-state index is 0.0428.